The van der Waals surface area contributed by atoms with E-state index in [0.717, 1.165) is 18.4 Å². The van der Waals surface area contributed by atoms with E-state index >= 15 is 0 Å². The number of nitrogens with one attached hydrogen (secondary N) is 2. The maximum atomic E-state index is 12.8. The van der Waals surface area contributed by atoms with Crippen LogP contribution < -0.4 is 10.6 Å². The van der Waals surface area contributed by atoms with E-state index in [4.69, 9.17) is 4.74 Å². The second-order valence-corrected chi connectivity index (χ2v) is 11.9. The summed E-state index contributed by atoms with van der Waals surface area (Å²) < 4.78 is 5.51. The number of amides is 2. The maximum Gasteiger partial charge on any atom is 0.326 e. The maximum absolute atomic E-state index is 12.8. The van der Waals surface area contributed by atoms with Crippen LogP contribution in [0.5, 0.6) is 0 Å². The van der Waals surface area contributed by atoms with Crippen LogP contribution in [-0.4, -0.2) is 62.6 Å². The van der Waals surface area contributed by atoms with Crippen LogP contribution in [0.25, 0.3) is 0 Å². The first-order valence-corrected chi connectivity index (χ1v) is 15.5. The number of esters is 1. The lowest BCUT2D eigenvalue weighted by Crippen LogP contribution is -2.46. The van der Waals surface area contributed by atoms with Crippen molar-refractivity contribution >= 4 is 51.5 Å². The predicted octanol–water partition coefficient (Wildman–Crippen LogP) is 3.95. The van der Waals surface area contributed by atoms with Crippen molar-refractivity contribution in [2.45, 2.75) is 83.4 Å². The van der Waals surface area contributed by atoms with Gasteiger partial charge in [0.1, 0.15) is 18.2 Å². The van der Waals surface area contributed by atoms with Crippen LogP contribution in [0, 0.1) is 0 Å². The van der Waals surface area contributed by atoms with Crippen molar-refractivity contribution in [3.05, 3.63) is 41.7 Å². The number of fused-ring (bicyclic) bond motifs is 4. The molecule has 3 heterocycles. The Kier molecular flexibility index (Phi) is 12.5. The molecule has 39 heavy (non-hydrogen) atoms. The van der Waals surface area contributed by atoms with Crippen LogP contribution in [0.2, 0.25) is 0 Å². The average Bonchev–Trinajstić information content (AvgIpc) is 3.33. The molecule has 1 aromatic rings. The number of pyridine rings is 1. The normalized spacial score (nSPS) is 22.3. The Hall–Kier alpha value is -2.66. The molecule has 2 atom stereocenters. The zero-order chi connectivity index (χ0) is 28.1. The minimum atomic E-state index is -1.00. The highest BCUT2D eigenvalue weighted by Crippen LogP contribution is 2.31. The van der Waals surface area contributed by atoms with Crippen LogP contribution in [0.1, 0.15) is 76.5 Å². The molecule has 0 spiro atoms. The number of ether oxygens (including phenoxy) is 1. The number of aliphatic imine (C=N–C) groups is 1. The number of unbranched alkanes of at least 4 members (excludes halogenated alkanes) is 4. The third-order valence-electron chi connectivity index (χ3n) is 6.30. The molecule has 0 saturated carbocycles. The molecular formula is C28H38N4O5S2. The minimum absolute atomic E-state index is 0.0695. The lowest BCUT2D eigenvalue weighted by atomic mass is 10.1. The molecule has 3 rings (SSSR count). The number of thioether (sulfide) groups is 2. The summed E-state index contributed by atoms with van der Waals surface area (Å²) in [6.07, 6.45) is 11.0. The second kappa shape index (κ2) is 15.8. The zero-order valence-corrected chi connectivity index (χ0v) is 24.3. The van der Waals surface area contributed by atoms with Gasteiger partial charge in [-0.3, -0.25) is 29.2 Å². The third kappa shape index (κ3) is 10.4. The summed E-state index contributed by atoms with van der Waals surface area (Å²) in [6.45, 7) is 3.79. The number of allylic oxidation sites excluding steroid dienone is 1. The molecule has 9 nitrogen and oxygen atoms in total. The highest BCUT2D eigenvalue weighted by molar-refractivity contribution is 8.14. The molecule has 2 aliphatic rings. The van der Waals surface area contributed by atoms with Crippen LogP contribution in [0.3, 0.4) is 0 Å². The monoisotopic (exact) mass is 574 g/mol. The molecular weight excluding hydrogens is 536 g/mol. The largest absolute Gasteiger partial charge is 0.456 e. The molecule has 0 saturated heterocycles. The smallest absolute Gasteiger partial charge is 0.326 e. The zero-order valence-electron chi connectivity index (χ0n) is 22.7. The summed E-state index contributed by atoms with van der Waals surface area (Å²) in [5.74, 6) is -0.235. The van der Waals surface area contributed by atoms with E-state index < -0.39 is 17.6 Å². The van der Waals surface area contributed by atoms with Gasteiger partial charge in [-0.1, -0.05) is 50.4 Å². The SMILES string of the molecule is CCCCCCCC(=O)SCC/C=C/C1CC(=O)NCc2cc(ccn2)C2=NC(C)(CS2)C(=O)NCC(=O)O1. The van der Waals surface area contributed by atoms with Gasteiger partial charge in [-0.15, -0.1) is 11.8 Å². The quantitative estimate of drug-likeness (QED) is 0.244. The van der Waals surface area contributed by atoms with Gasteiger partial charge in [-0.05, 0) is 38.0 Å². The molecule has 0 aromatic carbocycles. The lowest BCUT2D eigenvalue weighted by molar-refractivity contribution is -0.148. The number of aromatic nitrogens is 1. The Morgan fingerprint density at radius 3 is 2.85 bits per heavy atom. The van der Waals surface area contributed by atoms with Gasteiger partial charge in [0.15, 0.2) is 5.12 Å². The standard InChI is InChI=1S/C28H38N4O5S2/c1-3-4-5-6-7-11-25(35)38-14-9-8-10-22-16-23(33)30-17-21-15-20(12-13-29-21)26-32-28(2,19-39-26)27(36)31-18-24(34)37-22/h8,10,12-13,15,22H,3-7,9,11,14,16-19H2,1-2H3,(H,30,33)(H,31,36)/b10-8+. The number of hydrogen-bond acceptors (Lipinski definition) is 9. The first-order chi connectivity index (χ1) is 18.8. The number of carbonyl (C=O) groups is 4. The van der Waals surface area contributed by atoms with Crippen LogP contribution in [0.15, 0.2) is 35.5 Å². The van der Waals surface area contributed by atoms with E-state index in [2.05, 4.69) is 27.5 Å². The number of carbonyl (C=O) groups excluding carboxylic acids is 4. The van der Waals surface area contributed by atoms with E-state index in [1.807, 2.05) is 18.2 Å². The summed E-state index contributed by atoms with van der Waals surface area (Å²) in [5.41, 5.74) is 0.486. The Bertz CT molecular complexity index is 1090. The van der Waals surface area contributed by atoms with Gasteiger partial charge in [-0.2, -0.15) is 0 Å². The van der Waals surface area contributed by atoms with E-state index in [1.165, 1.54) is 42.8 Å². The van der Waals surface area contributed by atoms with Crippen molar-refractivity contribution in [1.29, 1.82) is 0 Å². The van der Waals surface area contributed by atoms with Gasteiger partial charge in [0.25, 0.3) is 0 Å². The second-order valence-electron chi connectivity index (χ2n) is 9.81. The number of rotatable bonds is 10. The molecule has 11 heteroatoms. The molecule has 2 N–H and O–H groups in total. The predicted molar refractivity (Wildman–Crippen MR) is 156 cm³/mol. The minimum Gasteiger partial charge on any atom is -0.456 e. The molecule has 1 aromatic heterocycles. The molecule has 212 valence electrons. The van der Waals surface area contributed by atoms with Crippen molar-refractivity contribution < 1.29 is 23.9 Å². The fourth-order valence-corrected chi connectivity index (χ4v) is 5.99. The van der Waals surface area contributed by atoms with E-state index in [-0.39, 0.29) is 36.4 Å². The Balaban J connectivity index is 1.58. The Labute approximate surface area is 238 Å². The third-order valence-corrected chi connectivity index (χ3v) is 8.58. The molecule has 4 bridgehead atoms. The average molecular weight is 575 g/mol. The van der Waals surface area contributed by atoms with Crippen molar-refractivity contribution in [2.24, 2.45) is 4.99 Å². The van der Waals surface area contributed by atoms with Gasteiger partial charge in [-0.25, -0.2) is 0 Å². The van der Waals surface area contributed by atoms with Crippen molar-refractivity contribution in [2.75, 3.05) is 18.1 Å². The van der Waals surface area contributed by atoms with Crippen LogP contribution in [0.4, 0.5) is 0 Å². The van der Waals surface area contributed by atoms with E-state index in [9.17, 15) is 19.2 Å². The molecule has 2 amide bonds. The molecule has 0 fully saturated rings. The fourth-order valence-electron chi connectivity index (χ4n) is 4.05. The summed E-state index contributed by atoms with van der Waals surface area (Å²) in [7, 11) is 0. The first kappa shape index (κ1) is 30.9. The number of hydrogen-bond donors (Lipinski definition) is 2. The van der Waals surface area contributed by atoms with Crippen molar-refractivity contribution in [1.82, 2.24) is 15.6 Å². The summed E-state index contributed by atoms with van der Waals surface area (Å²) >= 11 is 2.77. The van der Waals surface area contributed by atoms with Gasteiger partial charge in [0.05, 0.1) is 23.7 Å². The lowest BCUT2D eigenvalue weighted by Gasteiger charge is -2.19. The summed E-state index contributed by atoms with van der Waals surface area (Å²) in [4.78, 5) is 59.0. The van der Waals surface area contributed by atoms with Gasteiger partial charge >= 0.3 is 5.97 Å². The van der Waals surface area contributed by atoms with Gasteiger partial charge in [0, 0.05) is 29.7 Å². The Morgan fingerprint density at radius 2 is 2.03 bits per heavy atom. The summed E-state index contributed by atoms with van der Waals surface area (Å²) in [5, 5.41) is 6.37. The Morgan fingerprint density at radius 1 is 1.21 bits per heavy atom. The fraction of sp³-hybridized carbons (Fsp3) is 0.571. The van der Waals surface area contributed by atoms with E-state index in [0.29, 0.717) is 35.1 Å². The molecule has 0 aliphatic carbocycles. The molecule has 2 aliphatic heterocycles. The van der Waals surface area contributed by atoms with Crippen molar-refractivity contribution in [3.63, 3.8) is 0 Å². The number of nitrogens with zero attached hydrogens (tertiary/aromatic N) is 2. The highest BCUT2D eigenvalue weighted by atomic mass is 32.2. The van der Waals surface area contributed by atoms with Crippen LogP contribution in [-0.2, 0) is 30.5 Å². The van der Waals surface area contributed by atoms with Gasteiger partial charge in [0.2, 0.25) is 11.8 Å². The van der Waals surface area contributed by atoms with Crippen LogP contribution >= 0.6 is 23.5 Å². The first-order valence-electron chi connectivity index (χ1n) is 13.5. The van der Waals surface area contributed by atoms with Crippen molar-refractivity contribution in [3.8, 4) is 0 Å². The molecule has 2 unspecified atom stereocenters. The highest BCUT2D eigenvalue weighted by Gasteiger charge is 2.38. The summed E-state index contributed by atoms with van der Waals surface area (Å²) in [6, 6.07) is 3.67. The number of cyclic esters (lactones) is 1. The topological polar surface area (TPSA) is 127 Å². The van der Waals surface area contributed by atoms with Gasteiger partial charge < -0.3 is 15.4 Å². The molecule has 0 radical (unpaired) electrons. The van der Waals surface area contributed by atoms with E-state index in [1.54, 1.807) is 19.2 Å².